The van der Waals surface area contributed by atoms with E-state index in [0.29, 0.717) is 23.8 Å². The van der Waals surface area contributed by atoms with Crippen LogP contribution in [0.25, 0.3) is 0 Å². The number of Topliss-reactive ketones (excluding diaryl/α,β-unsaturated/α-hetero) is 1. The predicted molar refractivity (Wildman–Crippen MR) is 156 cm³/mol. The third kappa shape index (κ3) is 6.43. The molecule has 0 aromatic heterocycles. The molecular weight excluding hydrogens is 538 g/mol. The molecule has 0 spiro atoms. The third-order valence-corrected chi connectivity index (χ3v) is 9.83. The van der Waals surface area contributed by atoms with Crippen molar-refractivity contribution in [2.45, 2.75) is 78.3 Å². The number of carbonyl (C=O) groups is 2. The molecule has 0 radical (unpaired) electrons. The monoisotopic (exact) mass is 581 g/mol. The van der Waals surface area contributed by atoms with Gasteiger partial charge in [0.25, 0.3) is 0 Å². The van der Waals surface area contributed by atoms with Gasteiger partial charge in [-0.3, -0.25) is 4.79 Å². The Labute approximate surface area is 247 Å². The van der Waals surface area contributed by atoms with Gasteiger partial charge in [0, 0.05) is 22.8 Å². The van der Waals surface area contributed by atoms with Crippen molar-refractivity contribution in [3.8, 4) is 0 Å². The second-order valence-corrected chi connectivity index (χ2v) is 13.1. The van der Waals surface area contributed by atoms with Crippen LogP contribution in [0.15, 0.2) is 65.6 Å². The standard InChI is InChI=1S/C30H35NO6.C3H8O2/c1-18-12-13-29(2)20(14-18)8-9-22-23-10-11-24(30(23,3)15-25(32)27(22)29)26(33)17-36-28(34)21-7-5-4-6-19(21)16-37-31-35;1-3(2,4)5/h4-7,12-14,22-25,27,32H,1,8-11,15-17H2,2-3H3;4-5H,1-2H3. The topological polar surface area (TPSA) is 143 Å². The number of aliphatic hydroxyl groups is 3. The van der Waals surface area contributed by atoms with Crippen LogP contribution in [0.3, 0.4) is 0 Å². The van der Waals surface area contributed by atoms with E-state index < -0.39 is 17.9 Å². The van der Waals surface area contributed by atoms with Crippen molar-refractivity contribution < 1.29 is 34.5 Å². The summed E-state index contributed by atoms with van der Waals surface area (Å²) in [4.78, 5) is 41.0. The van der Waals surface area contributed by atoms with Crippen molar-refractivity contribution in [1.82, 2.24) is 0 Å². The van der Waals surface area contributed by atoms with Gasteiger partial charge in [-0.25, -0.2) is 4.79 Å². The molecule has 0 amide bonds. The van der Waals surface area contributed by atoms with Gasteiger partial charge in [-0.15, -0.1) is 4.91 Å². The largest absolute Gasteiger partial charge is 0.454 e. The molecule has 1 aromatic carbocycles. The number of ketones is 1. The van der Waals surface area contributed by atoms with Crippen molar-refractivity contribution in [1.29, 1.82) is 0 Å². The third-order valence-electron chi connectivity index (χ3n) is 9.83. The van der Waals surface area contributed by atoms with E-state index in [1.807, 2.05) is 0 Å². The molecule has 3 N–H and O–H groups in total. The molecule has 7 atom stereocenters. The number of carbonyl (C=O) groups excluding carboxylic acids is 2. The van der Waals surface area contributed by atoms with E-state index in [0.717, 1.165) is 31.3 Å². The molecule has 0 heterocycles. The van der Waals surface area contributed by atoms with Gasteiger partial charge in [0.1, 0.15) is 6.61 Å². The van der Waals surface area contributed by atoms with Gasteiger partial charge in [-0.05, 0) is 74.8 Å². The molecule has 4 aliphatic carbocycles. The fourth-order valence-electron chi connectivity index (χ4n) is 8.19. The van der Waals surface area contributed by atoms with Gasteiger partial charge in [0.05, 0.1) is 11.7 Å². The maximum absolute atomic E-state index is 13.4. The Balaban J connectivity index is 0.000000748. The number of rotatable bonds is 7. The summed E-state index contributed by atoms with van der Waals surface area (Å²) in [6.45, 7) is 10.6. The van der Waals surface area contributed by atoms with E-state index >= 15 is 0 Å². The number of benzene rings is 1. The maximum atomic E-state index is 13.4. The van der Waals surface area contributed by atoms with Crippen LogP contribution in [-0.4, -0.2) is 45.6 Å². The zero-order valence-corrected chi connectivity index (χ0v) is 24.9. The van der Waals surface area contributed by atoms with Crippen LogP contribution >= 0.6 is 0 Å². The van der Waals surface area contributed by atoms with Gasteiger partial charge in [-0.2, -0.15) is 0 Å². The van der Waals surface area contributed by atoms with E-state index in [1.165, 1.54) is 19.4 Å². The highest BCUT2D eigenvalue weighted by Gasteiger charge is 2.62. The first-order valence-electron chi connectivity index (χ1n) is 14.6. The van der Waals surface area contributed by atoms with Crippen molar-refractivity contribution in [3.05, 3.63) is 76.3 Å². The lowest BCUT2D eigenvalue weighted by molar-refractivity contribution is -0.141. The zero-order valence-electron chi connectivity index (χ0n) is 24.9. The minimum atomic E-state index is -1.50. The number of nitrogens with zero attached hydrogens (tertiary/aromatic N) is 1. The second kappa shape index (κ2) is 12.2. The molecule has 0 bridgehead atoms. The number of hydrogen-bond acceptors (Lipinski definition) is 9. The second-order valence-electron chi connectivity index (χ2n) is 13.1. The fourth-order valence-corrected chi connectivity index (χ4v) is 8.19. The molecule has 228 valence electrons. The van der Waals surface area contributed by atoms with E-state index in [-0.39, 0.29) is 47.2 Å². The smallest absolute Gasteiger partial charge is 0.338 e. The van der Waals surface area contributed by atoms with E-state index in [9.17, 15) is 19.6 Å². The number of ether oxygens (including phenoxy) is 1. The highest BCUT2D eigenvalue weighted by Crippen LogP contribution is 2.66. The number of esters is 1. The molecular formula is C33H43NO8. The van der Waals surface area contributed by atoms with Crippen LogP contribution in [0.2, 0.25) is 0 Å². The molecule has 4 aliphatic rings. The highest BCUT2D eigenvalue weighted by atomic mass is 16.7. The van der Waals surface area contributed by atoms with Gasteiger partial charge >= 0.3 is 5.97 Å². The van der Waals surface area contributed by atoms with Crippen molar-refractivity contribution in [2.24, 2.45) is 39.8 Å². The first-order valence-corrected chi connectivity index (χ1v) is 14.6. The molecule has 9 nitrogen and oxygen atoms in total. The Morgan fingerprint density at radius 3 is 2.52 bits per heavy atom. The van der Waals surface area contributed by atoms with Gasteiger partial charge in [-0.1, -0.05) is 62.4 Å². The summed E-state index contributed by atoms with van der Waals surface area (Å²) < 4.78 is 5.44. The summed E-state index contributed by atoms with van der Waals surface area (Å²) in [5, 5.41) is 30.1. The fraction of sp³-hybridized carbons (Fsp3) is 0.576. The van der Waals surface area contributed by atoms with E-state index in [4.69, 9.17) is 14.9 Å². The summed E-state index contributed by atoms with van der Waals surface area (Å²) in [7, 11) is 0. The molecule has 7 unspecified atom stereocenters. The van der Waals surface area contributed by atoms with Crippen molar-refractivity contribution in [3.63, 3.8) is 0 Å². The van der Waals surface area contributed by atoms with E-state index in [2.05, 4.69) is 48.8 Å². The zero-order chi connectivity index (χ0) is 30.9. The summed E-state index contributed by atoms with van der Waals surface area (Å²) >= 11 is 0. The Kier molecular flexibility index (Phi) is 9.25. The Hall–Kier alpha value is -3.14. The minimum absolute atomic E-state index is 0.0937. The van der Waals surface area contributed by atoms with E-state index in [1.54, 1.807) is 24.3 Å². The van der Waals surface area contributed by atoms with Gasteiger partial charge in [0.2, 0.25) is 0 Å². The number of aliphatic hydroxyl groups excluding tert-OH is 1. The summed E-state index contributed by atoms with van der Waals surface area (Å²) in [6.07, 6.45) is 10.2. The lowest BCUT2D eigenvalue weighted by Gasteiger charge is -2.58. The van der Waals surface area contributed by atoms with Gasteiger partial charge < -0.3 is 24.9 Å². The van der Waals surface area contributed by atoms with Crippen molar-refractivity contribution >= 4 is 11.8 Å². The molecule has 42 heavy (non-hydrogen) atoms. The normalized spacial score (nSPS) is 33.2. The molecule has 3 fully saturated rings. The van der Waals surface area contributed by atoms with Crippen molar-refractivity contribution in [2.75, 3.05) is 6.61 Å². The lowest BCUT2D eigenvalue weighted by atomic mass is 9.46. The van der Waals surface area contributed by atoms with Gasteiger partial charge in [0.15, 0.2) is 23.5 Å². The lowest BCUT2D eigenvalue weighted by Crippen LogP contribution is -2.56. The van der Waals surface area contributed by atoms with Crippen LogP contribution in [0.5, 0.6) is 0 Å². The number of allylic oxidation sites excluding steroid dienone is 5. The molecule has 0 saturated heterocycles. The first-order chi connectivity index (χ1) is 19.7. The van der Waals surface area contributed by atoms with Crippen LogP contribution in [0, 0.1) is 39.4 Å². The summed E-state index contributed by atoms with van der Waals surface area (Å²) in [5.74, 6) is -1.68. The molecule has 9 heteroatoms. The molecule has 3 saturated carbocycles. The first kappa shape index (κ1) is 31.8. The van der Waals surface area contributed by atoms with Crippen LogP contribution in [-0.2, 0) is 21.0 Å². The predicted octanol–water partition coefficient (Wildman–Crippen LogP) is 5.20. The van der Waals surface area contributed by atoms with Crippen LogP contribution in [0.1, 0.15) is 75.7 Å². The van der Waals surface area contributed by atoms with Crippen LogP contribution in [0.4, 0.5) is 0 Å². The van der Waals surface area contributed by atoms with Crippen LogP contribution < -0.4 is 0 Å². The molecule has 1 aromatic rings. The SMILES string of the molecule is C=C1C=CC2(C)C(=C1)CCC1C2C(O)CC2(C)C(C(=O)COC(=O)c3ccccc3CON=O)CCC12.CC(C)(O)O. The summed E-state index contributed by atoms with van der Waals surface area (Å²) in [5.41, 5.74) is 2.57. The average Bonchev–Trinajstić information content (AvgIpc) is 3.26. The number of fused-ring (bicyclic) bond motifs is 5. The Morgan fingerprint density at radius 2 is 1.83 bits per heavy atom. The summed E-state index contributed by atoms with van der Waals surface area (Å²) in [6, 6.07) is 6.62. The maximum Gasteiger partial charge on any atom is 0.338 e. The molecule has 0 aliphatic heterocycles. The highest BCUT2D eigenvalue weighted by molar-refractivity contribution is 5.93. The minimum Gasteiger partial charge on any atom is -0.454 e. The Bertz CT molecular complexity index is 1270. The molecule has 5 rings (SSSR count). The quantitative estimate of drug-likeness (QED) is 0.173. The average molecular weight is 582 g/mol. The number of hydrogen-bond donors (Lipinski definition) is 3. The Morgan fingerprint density at radius 1 is 1.14 bits per heavy atom.